The van der Waals surface area contributed by atoms with E-state index in [9.17, 15) is 9.59 Å². The van der Waals surface area contributed by atoms with E-state index in [4.69, 9.17) is 4.74 Å². The maximum absolute atomic E-state index is 12.1. The van der Waals surface area contributed by atoms with E-state index in [0.29, 0.717) is 13.1 Å². The molecule has 2 aliphatic rings. The van der Waals surface area contributed by atoms with Crippen molar-refractivity contribution >= 4 is 11.8 Å². The van der Waals surface area contributed by atoms with Crippen molar-refractivity contribution in [3.8, 4) is 0 Å². The number of carbonyl (C=O) groups excluding carboxylic acids is 2. The minimum Gasteiger partial charge on any atom is -0.379 e. The zero-order chi connectivity index (χ0) is 17.2. The van der Waals surface area contributed by atoms with Gasteiger partial charge in [-0.1, -0.05) is 11.6 Å². The van der Waals surface area contributed by atoms with Crippen LogP contribution in [0.4, 0.5) is 0 Å². The summed E-state index contributed by atoms with van der Waals surface area (Å²) in [7, 11) is 0. The molecule has 0 atom stereocenters. The Balaban J connectivity index is 1.65. The standard InChI is InChI=1S/C18H31N3O3/c1-16(22)21(10-9-20-11-13-24-14-12-20)15-18(23)19-8-7-17-5-3-2-4-6-17/h5H,2-4,6-15H2,1H3,(H,19,23). The van der Waals surface area contributed by atoms with Crippen LogP contribution in [0.25, 0.3) is 0 Å². The van der Waals surface area contributed by atoms with Crippen LogP contribution >= 0.6 is 0 Å². The van der Waals surface area contributed by atoms with Gasteiger partial charge in [0.15, 0.2) is 0 Å². The van der Waals surface area contributed by atoms with Gasteiger partial charge < -0.3 is 15.0 Å². The molecule has 6 nitrogen and oxygen atoms in total. The minimum absolute atomic E-state index is 0.0478. The van der Waals surface area contributed by atoms with Crippen molar-refractivity contribution in [1.82, 2.24) is 15.1 Å². The van der Waals surface area contributed by atoms with E-state index in [0.717, 1.165) is 45.7 Å². The maximum atomic E-state index is 12.1. The zero-order valence-electron chi connectivity index (χ0n) is 14.9. The van der Waals surface area contributed by atoms with Crippen molar-refractivity contribution in [2.75, 3.05) is 52.5 Å². The molecule has 0 spiro atoms. The van der Waals surface area contributed by atoms with E-state index >= 15 is 0 Å². The van der Waals surface area contributed by atoms with Crippen molar-refractivity contribution in [1.29, 1.82) is 0 Å². The summed E-state index contributed by atoms with van der Waals surface area (Å²) in [5.41, 5.74) is 1.46. The van der Waals surface area contributed by atoms with Crippen molar-refractivity contribution < 1.29 is 14.3 Å². The molecule has 0 aromatic carbocycles. The molecule has 0 bridgehead atoms. The molecule has 1 aliphatic heterocycles. The van der Waals surface area contributed by atoms with E-state index in [2.05, 4.69) is 16.3 Å². The molecule has 136 valence electrons. The zero-order valence-corrected chi connectivity index (χ0v) is 14.9. The Morgan fingerprint density at radius 2 is 2.08 bits per heavy atom. The molecule has 0 unspecified atom stereocenters. The van der Waals surface area contributed by atoms with Gasteiger partial charge in [-0.2, -0.15) is 0 Å². The first-order valence-corrected chi connectivity index (χ1v) is 9.15. The van der Waals surface area contributed by atoms with Crippen molar-refractivity contribution in [3.05, 3.63) is 11.6 Å². The fourth-order valence-electron chi connectivity index (χ4n) is 3.16. The predicted molar refractivity (Wildman–Crippen MR) is 93.7 cm³/mol. The Morgan fingerprint density at radius 1 is 1.29 bits per heavy atom. The highest BCUT2D eigenvalue weighted by Gasteiger charge is 2.16. The Hall–Kier alpha value is -1.40. The summed E-state index contributed by atoms with van der Waals surface area (Å²) in [6.07, 6.45) is 8.11. The summed E-state index contributed by atoms with van der Waals surface area (Å²) in [4.78, 5) is 27.8. The number of morpholine rings is 1. The van der Waals surface area contributed by atoms with Crippen LogP contribution in [0.2, 0.25) is 0 Å². The molecule has 2 amide bonds. The molecule has 24 heavy (non-hydrogen) atoms. The Bertz CT molecular complexity index is 445. The summed E-state index contributed by atoms with van der Waals surface area (Å²) in [6, 6.07) is 0. The lowest BCUT2D eigenvalue weighted by atomic mass is 9.97. The second-order valence-corrected chi connectivity index (χ2v) is 6.60. The Kier molecular flexibility index (Phi) is 8.25. The van der Waals surface area contributed by atoms with E-state index in [1.165, 1.54) is 31.8 Å². The molecule has 2 rings (SSSR count). The number of ether oxygens (including phenoxy) is 1. The first-order chi connectivity index (χ1) is 11.6. The first kappa shape index (κ1) is 18.9. The quantitative estimate of drug-likeness (QED) is 0.676. The highest BCUT2D eigenvalue weighted by Crippen LogP contribution is 2.19. The molecule has 1 aliphatic carbocycles. The average molecular weight is 337 g/mol. The monoisotopic (exact) mass is 337 g/mol. The van der Waals surface area contributed by atoms with Gasteiger partial charge >= 0.3 is 0 Å². The number of rotatable bonds is 8. The third-order valence-corrected chi connectivity index (χ3v) is 4.72. The molecular weight excluding hydrogens is 306 g/mol. The minimum atomic E-state index is -0.0661. The van der Waals surface area contributed by atoms with Gasteiger partial charge in [0.25, 0.3) is 0 Å². The lowest BCUT2D eigenvalue weighted by Gasteiger charge is -2.29. The predicted octanol–water partition coefficient (Wildman–Crippen LogP) is 1.17. The number of allylic oxidation sites excluding steroid dienone is 1. The summed E-state index contributed by atoms with van der Waals surface area (Å²) >= 11 is 0. The molecule has 1 fully saturated rings. The van der Waals surface area contributed by atoms with Crippen molar-refractivity contribution in [2.45, 2.75) is 39.0 Å². The maximum Gasteiger partial charge on any atom is 0.239 e. The molecule has 0 aromatic heterocycles. The third kappa shape index (κ3) is 7.01. The lowest BCUT2D eigenvalue weighted by Crippen LogP contribution is -2.45. The summed E-state index contributed by atoms with van der Waals surface area (Å²) < 4.78 is 5.32. The van der Waals surface area contributed by atoms with Crippen molar-refractivity contribution in [3.63, 3.8) is 0 Å². The SMILES string of the molecule is CC(=O)N(CCN1CCOCC1)CC(=O)NCCC1=CCCCC1. The van der Waals surface area contributed by atoms with E-state index < -0.39 is 0 Å². The summed E-state index contributed by atoms with van der Waals surface area (Å²) in [5, 5.41) is 2.95. The number of hydrogen-bond donors (Lipinski definition) is 1. The highest BCUT2D eigenvalue weighted by atomic mass is 16.5. The topological polar surface area (TPSA) is 61.9 Å². The van der Waals surface area contributed by atoms with Crippen LogP contribution in [0.3, 0.4) is 0 Å². The van der Waals surface area contributed by atoms with E-state index in [-0.39, 0.29) is 18.4 Å². The fourth-order valence-corrected chi connectivity index (χ4v) is 3.16. The highest BCUT2D eigenvalue weighted by molar-refractivity contribution is 5.83. The van der Waals surface area contributed by atoms with Gasteiger partial charge in [-0.15, -0.1) is 0 Å². The van der Waals surface area contributed by atoms with E-state index in [1.807, 2.05) is 0 Å². The van der Waals surface area contributed by atoms with Gasteiger partial charge in [-0.05, 0) is 32.1 Å². The largest absolute Gasteiger partial charge is 0.379 e. The molecular formula is C18H31N3O3. The fraction of sp³-hybridized carbons (Fsp3) is 0.778. The Labute approximate surface area is 145 Å². The number of hydrogen-bond acceptors (Lipinski definition) is 4. The molecule has 0 radical (unpaired) electrons. The Morgan fingerprint density at radius 3 is 2.75 bits per heavy atom. The summed E-state index contributed by atoms with van der Waals surface area (Å²) in [6.45, 7) is 7.02. The summed E-state index contributed by atoms with van der Waals surface area (Å²) in [5.74, 6) is -0.114. The second kappa shape index (κ2) is 10.5. The first-order valence-electron chi connectivity index (χ1n) is 9.15. The molecule has 0 aromatic rings. The number of nitrogens with zero attached hydrogens (tertiary/aromatic N) is 2. The number of carbonyl (C=O) groups is 2. The van der Waals surface area contributed by atoms with Crippen LogP contribution in [0.5, 0.6) is 0 Å². The number of amides is 2. The lowest BCUT2D eigenvalue weighted by molar-refractivity contribution is -0.134. The number of nitrogens with one attached hydrogen (secondary N) is 1. The smallest absolute Gasteiger partial charge is 0.239 e. The van der Waals surface area contributed by atoms with Crippen LogP contribution in [0.1, 0.15) is 39.0 Å². The third-order valence-electron chi connectivity index (χ3n) is 4.72. The van der Waals surface area contributed by atoms with Crippen LogP contribution in [0.15, 0.2) is 11.6 Å². The van der Waals surface area contributed by atoms with Crippen LogP contribution < -0.4 is 5.32 Å². The second-order valence-electron chi connectivity index (χ2n) is 6.60. The van der Waals surface area contributed by atoms with Gasteiger partial charge in [0.2, 0.25) is 11.8 Å². The molecule has 6 heteroatoms. The normalized spacial score (nSPS) is 18.8. The molecule has 1 N–H and O–H groups in total. The van der Waals surface area contributed by atoms with Gasteiger partial charge in [0.1, 0.15) is 0 Å². The van der Waals surface area contributed by atoms with E-state index in [1.54, 1.807) is 4.90 Å². The van der Waals surface area contributed by atoms with Gasteiger partial charge in [0, 0.05) is 39.6 Å². The van der Waals surface area contributed by atoms with Crippen molar-refractivity contribution in [2.24, 2.45) is 0 Å². The van der Waals surface area contributed by atoms with Gasteiger partial charge in [-0.3, -0.25) is 14.5 Å². The molecule has 1 heterocycles. The van der Waals surface area contributed by atoms with Crippen LogP contribution in [-0.4, -0.2) is 74.1 Å². The molecule has 0 saturated carbocycles. The molecule has 1 saturated heterocycles. The van der Waals surface area contributed by atoms with Crippen LogP contribution in [0, 0.1) is 0 Å². The van der Waals surface area contributed by atoms with Gasteiger partial charge in [0.05, 0.1) is 19.8 Å². The van der Waals surface area contributed by atoms with Crippen LogP contribution in [-0.2, 0) is 14.3 Å². The average Bonchev–Trinajstić information content (AvgIpc) is 2.60. The van der Waals surface area contributed by atoms with Gasteiger partial charge in [-0.25, -0.2) is 0 Å².